The summed E-state index contributed by atoms with van der Waals surface area (Å²) in [6.45, 7) is 7.11. The van der Waals surface area contributed by atoms with Gasteiger partial charge in [0.15, 0.2) is 0 Å². The Balaban J connectivity index is 3.06. The topological polar surface area (TPSA) is 0 Å². The second-order valence-corrected chi connectivity index (χ2v) is 1.43. The normalized spacial score (nSPS) is 9.50. The van der Waals surface area contributed by atoms with Gasteiger partial charge in [0, 0.05) is 0 Å². The van der Waals surface area contributed by atoms with Crippen molar-refractivity contribution in [2.24, 2.45) is 0 Å². The van der Waals surface area contributed by atoms with Crippen LogP contribution in [0.4, 0.5) is 0 Å². The van der Waals surface area contributed by atoms with Crippen LogP contribution in [-0.4, -0.2) is 0 Å². The predicted molar refractivity (Wildman–Crippen MR) is 37.4 cm³/mol. The van der Waals surface area contributed by atoms with Crippen molar-refractivity contribution < 1.29 is 0 Å². The van der Waals surface area contributed by atoms with E-state index in [9.17, 15) is 0 Å². The summed E-state index contributed by atoms with van der Waals surface area (Å²) < 4.78 is 0. The van der Waals surface area contributed by atoms with Gasteiger partial charge in [-0.25, -0.2) is 0 Å². The Morgan fingerprint density at radius 1 is 1.25 bits per heavy atom. The molecule has 0 saturated heterocycles. The maximum absolute atomic E-state index is 3.56. The van der Waals surface area contributed by atoms with Crippen molar-refractivity contribution in [2.75, 3.05) is 0 Å². The highest BCUT2D eigenvalue weighted by molar-refractivity contribution is 4.86. The van der Waals surface area contributed by atoms with E-state index in [1.54, 1.807) is 0 Å². The summed E-state index contributed by atoms with van der Waals surface area (Å²) in [6.07, 6.45) is 10.4. The van der Waals surface area contributed by atoms with E-state index in [2.05, 4.69) is 19.2 Å². The SMILES string of the molecule is C=CC[C]=CCC=C. The van der Waals surface area contributed by atoms with Crippen molar-refractivity contribution in [3.05, 3.63) is 37.5 Å². The van der Waals surface area contributed by atoms with Gasteiger partial charge in [-0.1, -0.05) is 18.2 Å². The minimum absolute atomic E-state index is 0.841. The van der Waals surface area contributed by atoms with Gasteiger partial charge >= 0.3 is 0 Å². The first-order valence-corrected chi connectivity index (χ1v) is 2.68. The number of rotatable bonds is 4. The van der Waals surface area contributed by atoms with Crippen molar-refractivity contribution >= 4 is 0 Å². The molecule has 0 heterocycles. The van der Waals surface area contributed by atoms with Crippen LogP contribution in [0.2, 0.25) is 0 Å². The molecule has 0 rings (SSSR count). The fourth-order valence-corrected chi connectivity index (χ4v) is 0.333. The summed E-state index contributed by atoms with van der Waals surface area (Å²) in [5.41, 5.74) is 0. The Kier molecular flexibility index (Phi) is 5.61. The van der Waals surface area contributed by atoms with Crippen LogP contribution < -0.4 is 0 Å². The minimum atomic E-state index is 0.841. The van der Waals surface area contributed by atoms with Gasteiger partial charge in [-0.3, -0.25) is 0 Å². The van der Waals surface area contributed by atoms with Gasteiger partial charge in [0.05, 0.1) is 0 Å². The molecule has 0 saturated carbocycles. The van der Waals surface area contributed by atoms with Gasteiger partial charge in [-0.15, -0.1) is 13.2 Å². The lowest BCUT2D eigenvalue weighted by Crippen LogP contribution is -1.57. The van der Waals surface area contributed by atoms with Gasteiger partial charge in [-0.2, -0.15) is 0 Å². The van der Waals surface area contributed by atoms with Crippen molar-refractivity contribution in [2.45, 2.75) is 12.8 Å². The molecule has 0 N–H and O–H groups in total. The quantitative estimate of drug-likeness (QED) is 0.484. The zero-order chi connectivity index (χ0) is 6.24. The molecule has 0 atom stereocenters. The number of allylic oxidation sites excluding steroid dienone is 4. The highest BCUT2D eigenvalue weighted by atomic mass is 13.7. The Hall–Kier alpha value is -0.780. The van der Waals surface area contributed by atoms with Gasteiger partial charge in [0.2, 0.25) is 0 Å². The van der Waals surface area contributed by atoms with E-state index in [0.29, 0.717) is 0 Å². The smallest absolute Gasteiger partial charge is 0.0100 e. The third kappa shape index (κ3) is 5.22. The van der Waals surface area contributed by atoms with E-state index in [0.717, 1.165) is 12.8 Å². The molecule has 0 spiro atoms. The molecule has 0 heteroatoms. The zero-order valence-corrected chi connectivity index (χ0v) is 5.06. The zero-order valence-electron chi connectivity index (χ0n) is 5.06. The summed E-state index contributed by atoms with van der Waals surface area (Å²) >= 11 is 0. The number of hydrogen-bond donors (Lipinski definition) is 0. The molecule has 0 aromatic carbocycles. The molecular formula is C8H11. The third-order valence-corrected chi connectivity index (χ3v) is 0.691. The molecule has 0 nitrogen and oxygen atoms in total. The van der Waals surface area contributed by atoms with Gasteiger partial charge in [0.25, 0.3) is 0 Å². The molecule has 1 radical (unpaired) electrons. The summed E-state index contributed by atoms with van der Waals surface area (Å²) in [5.74, 6) is 0. The highest BCUT2D eigenvalue weighted by Gasteiger charge is 1.66. The van der Waals surface area contributed by atoms with Crippen molar-refractivity contribution in [1.82, 2.24) is 0 Å². The summed E-state index contributed by atoms with van der Waals surface area (Å²) in [4.78, 5) is 0. The average molecular weight is 107 g/mol. The Morgan fingerprint density at radius 3 is 2.50 bits per heavy atom. The van der Waals surface area contributed by atoms with E-state index in [-0.39, 0.29) is 0 Å². The lowest BCUT2D eigenvalue weighted by atomic mass is 10.3. The van der Waals surface area contributed by atoms with Crippen LogP contribution >= 0.6 is 0 Å². The molecular weight excluding hydrogens is 96.1 g/mol. The molecule has 8 heavy (non-hydrogen) atoms. The van der Waals surface area contributed by atoms with E-state index >= 15 is 0 Å². The van der Waals surface area contributed by atoms with Gasteiger partial charge in [0.1, 0.15) is 0 Å². The van der Waals surface area contributed by atoms with Crippen LogP contribution in [0.3, 0.4) is 0 Å². The fraction of sp³-hybridized carbons (Fsp3) is 0.250. The van der Waals surface area contributed by atoms with Crippen LogP contribution in [0.1, 0.15) is 12.8 Å². The maximum Gasteiger partial charge on any atom is -0.0100 e. The van der Waals surface area contributed by atoms with Crippen LogP contribution in [0, 0.1) is 6.08 Å². The van der Waals surface area contributed by atoms with Crippen LogP contribution in [0.25, 0.3) is 0 Å². The third-order valence-electron chi connectivity index (χ3n) is 0.691. The standard InChI is InChI=1S/C8H11/c1-3-5-7-8-6-4-2/h3-4,7H,1-2,5-6H2. The van der Waals surface area contributed by atoms with E-state index in [4.69, 9.17) is 0 Å². The Bertz CT molecular complexity index is 76.2. The maximum atomic E-state index is 3.56. The van der Waals surface area contributed by atoms with Crippen LogP contribution in [0.15, 0.2) is 31.4 Å². The summed E-state index contributed by atoms with van der Waals surface area (Å²) in [7, 11) is 0. The molecule has 0 aromatic rings. The molecule has 43 valence electrons. The first-order valence-electron chi connectivity index (χ1n) is 2.68. The lowest BCUT2D eigenvalue weighted by Gasteiger charge is -1.76. The van der Waals surface area contributed by atoms with Crippen molar-refractivity contribution in [3.63, 3.8) is 0 Å². The lowest BCUT2D eigenvalue weighted by molar-refractivity contribution is 1.28. The second kappa shape index (κ2) is 6.22. The molecule has 0 bridgehead atoms. The molecule has 0 aliphatic carbocycles. The van der Waals surface area contributed by atoms with E-state index < -0.39 is 0 Å². The first kappa shape index (κ1) is 7.22. The number of hydrogen-bond acceptors (Lipinski definition) is 0. The second-order valence-electron chi connectivity index (χ2n) is 1.43. The molecule has 0 unspecified atom stereocenters. The van der Waals surface area contributed by atoms with E-state index in [1.807, 2.05) is 18.2 Å². The van der Waals surface area contributed by atoms with Gasteiger partial charge < -0.3 is 0 Å². The van der Waals surface area contributed by atoms with Crippen molar-refractivity contribution in [3.8, 4) is 0 Å². The molecule has 0 aliphatic rings. The molecule has 0 aliphatic heterocycles. The Labute approximate surface area is 51.2 Å². The largest absolute Gasteiger partial charge is 0.103 e. The molecule has 0 aromatic heterocycles. The monoisotopic (exact) mass is 107 g/mol. The van der Waals surface area contributed by atoms with E-state index in [1.165, 1.54) is 0 Å². The predicted octanol–water partition coefficient (Wildman–Crippen LogP) is 2.50. The highest BCUT2D eigenvalue weighted by Crippen LogP contribution is 1.85. The first-order chi connectivity index (χ1) is 3.91. The van der Waals surface area contributed by atoms with Crippen molar-refractivity contribution in [1.29, 1.82) is 0 Å². The molecule has 0 fully saturated rings. The average Bonchev–Trinajstić information content (AvgIpc) is 1.81. The fourth-order valence-electron chi connectivity index (χ4n) is 0.333. The molecule has 0 amide bonds. The van der Waals surface area contributed by atoms with Crippen LogP contribution in [-0.2, 0) is 0 Å². The summed E-state index contributed by atoms with van der Waals surface area (Å²) in [5, 5.41) is 0. The van der Waals surface area contributed by atoms with Crippen LogP contribution in [0.5, 0.6) is 0 Å². The Morgan fingerprint density at radius 2 is 2.00 bits per heavy atom. The minimum Gasteiger partial charge on any atom is -0.103 e. The van der Waals surface area contributed by atoms with Gasteiger partial charge in [-0.05, 0) is 18.9 Å². The summed E-state index contributed by atoms with van der Waals surface area (Å²) in [6, 6.07) is 0.